The van der Waals surface area contributed by atoms with Crippen LogP contribution in [0.2, 0.25) is 0 Å². The fraction of sp³-hybridized carbons (Fsp3) is 0.312. The molecule has 0 aliphatic carbocycles. The molecule has 2 aromatic rings. The first-order valence-corrected chi connectivity index (χ1v) is 7.36. The lowest BCUT2D eigenvalue weighted by Gasteiger charge is -2.10. The Kier molecular flexibility index (Phi) is 4.18. The molecule has 1 aromatic carbocycles. The largest absolute Gasteiger partial charge is 0.253 e. The standard InChI is InChI=1S/C16H18BrN/c1-11(2)14(10-17)9-13-8-12(3)18-16-7-5-4-6-15(13)16/h4-9,11H,10H2,1-3H3/b14-9+. The van der Waals surface area contributed by atoms with Crippen LogP contribution in [-0.2, 0) is 0 Å². The van der Waals surface area contributed by atoms with Gasteiger partial charge in [-0.15, -0.1) is 0 Å². The monoisotopic (exact) mass is 303 g/mol. The van der Waals surface area contributed by atoms with Gasteiger partial charge < -0.3 is 0 Å². The average molecular weight is 304 g/mol. The fourth-order valence-corrected chi connectivity index (χ4v) is 2.83. The molecule has 2 heteroatoms. The number of rotatable bonds is 3. The first kappa shape index (κ1) is 13.3. The first-order chi connectivity index (χ1) is 8.61. The zero-order valence-electron chi connectivity index (χ0n) is 11.1. The summed E-state index contributed by atoms with van der Waals surface area (Å²) in [5.41, 5.74) is 4.81. The molecule has 0 atom stereocenters. The third kappa shape index (κ3) is 2.81. The number of para-hydroxylation sites is 1. The minimum Gasteiger partial charge on any atom is -0.253 e. The van der Waals surface area contributed by atoms with Gasteiger partial charge >= 0.3 is 0 Å². The Morgan fingerprint density at radius 2 is 2.06 bits per heavy atom. The Morgan fingerprint density at radius 3 is 2.72 bits per heavy atom. The van der Waals surface area contributed by atoms with Gasteiger partial charge in [0.25, 0.3) is 0 Å². The summed E-state index contributed by atoms with van der Waals surface area (Å²) in [5, 5.41) is 2.14. The van der Waals surface area contributed by atoms with E-state index in [0.717, 1.165) is 16.5 Å². The highest BCUT2D eigenvalue weighted by Gasteiger charge is 2.05. The van der Waals surface area contributed by atoms with E-state index in [1.54, 1.807) is 0 Å². The van der Waals surface area contributed by atoms with Crippen molar-refractivity contribution in [2.24, 2.45) is 5.92 Å². The molecule has 0 saturated carbocycles. The molecule has 1 aromatic heterocycles. The number of aromatic nitrogens is 1. The van der Waals surface area contributed by atoms with E-state index in [9.17, 15) is 0 Å². The Labute approximate surface area is 117 Å². The predicted octanol–water partition coefficient (Wildman–Crippen LogP) is 4.98. The van der Waals surface area contributed by atoms with Crippen molar-refractivity contribution in [3.8, 4) is 0 Å². The number of hydrogen-bond donors (Lipinski definition) is 0. The van der Waals surface area contributed by atoms with Gasteiger partial charge in [0.2, 0.25) is 0 Å². The van der Waals surface area contributed by atoms with Gasteiger partial charge in [0, 0.05) is 16.4 Å². The Balaban J connectivity index is 2.63. The highest BCUT2D eigenvalue weighted by Crippen LogP contribution is 2.23. The molecular weight excluding hydrogens is 286 g/mol. The van der Waals surface area contributed by atoms with Crippen LogP contribution in [-0.4, -0.2) is 10.3 Å². The summed E-state index contributed by atoms with van der Waals surface area (Å²) in [7, 11) is 0. The summed E-state index contributed by atoms with van der Waals surface area (Å²) >= 11 is 3.57. The molecule has 0 radical (unpaired) electrons. The summed E-state index contributed by atoms with van der Waals surface area (Å²) in [6.07, 6.45) is 2.29. The molecule has 0 bridgehead atoms. The third-order valence-electron chi connectivity index (χ3n) is 3.11. The van der Waals surface area contributed by atoms with Gasteiger partial charge in [-0.2, -0.15) is 0 Å². The summed E-state index contributed by atoms with van der Waals surface area (Å²) in [4.78, 5) is 4.57. The molecule has 1 heterocycles. The van der Waals surface area contributed by atoms with Crippen molar-refractivity contribution >= 4 is 32.9 Å². The number of hydrogen-bond acceptors (Lipinski definition) is 1. The molecule has 0 saturated heterocycles. The minimum atomic E-state index is 0.552. The number of benzene rings is 1. The highest BCUT2D eigenvalue weighted by atomic mass is 79.9. The summed E-state index contributed by atoms with van der Waals surface area (Å²) < 4.78 is 0. The number of pyridine rings is 1. The van der Waals surface area contributed by atoms with E-state index >= 15 is 0 Å². The number of alkyl halides is 1. The van der Waals surface area contributed by atoms with Gasteiger partial charge in [-0.1, -0.05) is 59.6 Å². The molecule has 0 aliphatic heterocycles. The molecule has 1 nitrogen and oxygen atoms in total. The molecule has 0 N–H and O–H groups in total. The highest BCUT2D eigenvalue weighted by molar-refractivity contribution is 9.09. The maximum atomic E-state index is 4.57. The van der Waals surface area contributed by atoms with Crippen molar-refractivity contribution in [2.75, 3.05) is 5.33 Å². The van der Waals surface area contributed by atoms with Crippen molar-refractivity contribution < 1.29 is 0 Å². The van der Waals surface area contributed by atoms with E-state index in [4.69, 9.17) is 0 Å². The molecule has 94 valence electrons. The second kappa shape index (κ2) is 5.66. The SMILES string of the molecule is Cc1cc(/C=C(\CBr)C(C)C)c2ccccc2n1. The van der Waals surface area contributed by atoms with Crippen LogP contribution < -0.4 is 0 Å². The number of nitrogens with zero attached hydrogens (tertiary/aromatic N) is 1. The van der Waals surface area contributed by atoms with Gasteiger partial charge in [0.1, 0.15) is 0 Å². The second-order valence-corrected chi connectivity index (χ2v) is 5.44. The van der Waals surface area contributed by atoms with E-state index in [1.807, 2.05) is 13.0 Å². The lowest BCUT2D eigenvalue weighted by atomic mass is 9.99. The second-order valence-electron chi connectivity index (χ2n) is 4.88. The fourth-order valence-electron chi connectivity index (χ4n) is 2.02. The maximum Gasteiger partial charge on any atom is 0.0711 e. The summed E-state index contributed by atoms with van der Waals surface area (Å²) in [6.45, 7) is 6.50. The van der Waals surface area contributed by atoms with Crippen molar-refractivity contribution in [2.45, 2.75) is 20.8 Å². The van der Waals surface area contributed by atoms with E-state index in [-0.39, 0.29) is 0 Å². The Bertz CT molecular complexity index is 585. The quantitative estimate of drug-likeness (QED) is 0.729. The molecule has 0 spiro atoms. The lowest BCUT2D eigenvalue weighted by Crippen LogP contribution is -1.96. The molecule has 0 fully saturated rings. The summed E-state index contributed by atoms with van der Waals surface area (Å²) in [5.74, 6) is 0.552. The summed E-state index contributed by atoms with van der Waals surface area (Å²) in [6, 6.07) is 10.5. The molecule has 0 aliphatic rings. The number of halogens is 1. The third-order valence-corrected chi connectivity index (χ3v) is 3.76. The molecule has 18 heavy (non-hydrogen) atoms. The van der Waals surface area contributed by atoms with Gasteiger partial charge in [0.15, 0.2) is 0 Å². The smallest absolute Gasteiger partial charge is 0.0711 e. The molecule has 0 unspecified atom stereocenters. The average Bonchev–Trinajstić information content (AvgIpc) is 2.35. The van der Waals surface area contributed by atoms with Crippen LogP contribution in [0.15, 0.2) is 35.9 Å². The Morgan fingerprint density at radius 1 is 1.33 bits per heavy atom. The van der Waals surface area contributed by atoms with Crippen molar-refractivity contribution in [3.05, 3.63) is 47.2 Å². The number of fused-ring (bicyclic) bond motifs is 1. The van der Waals surface area contributed by atoms with Crippen LogP contribution in [0.5, 0.6) is 0 Å². The van der Waals surface area contributed by atoms with Crippen LogP contribution in [0.1, 0.15) is 25.1 Å². The van der Waals surface area contributed by atoms with Crippen LogP contribution in [0, 0.1) is 12.8 Å². The topological polar surface area (TPSA) is 12.9 Å². The van der Waals surface area contributed by atoms with Gasteiger partial charge in [-0.25, -0.2) is 0 Å². The van der Waals surface area contributed by atoms with Crippen LogP contribution in [0.4, 0.5) is 0 Å². The van der Waals surface area contributed by atoms with Gasteiger partial charge in [-0.3, -0.25) is 4.98 Å². The van der Waals surface area contributed by atoms with Crippen LogP contribution in [0.3, 0.4) is 0 Å². The van der Waals surface area contributed by atoms with E-state index in [2.05, 4.69) is 65.1 Å². The minimum absolute atomic E-state index is 0.552. The number of aryl methyl sites for hydroxylation is 1. The Hall–Kier alpha value is -1.15. The number of allylic oxidation sites excluding steroid dienone is 1. The van der Waals surface area contributed by atoms with Gasteiger partial charge in [-0.05, 0) is 30.5 Å². The zero-order chi connectivity index (χ0) is 13.1. The van der Waals surface area contributed by atoms with Crippen molar-refractivity contribution in [3.63, 3.8) is 0 Å². The molecule has 0 amide bonds. The van der Waals surface area contributed by atoms with E-state index in [0.29, 0.717) is 5.92 Å². The van der Waals surface area contributed by atoms with Crippen molar-refractivity contribution in [1.29, 1.82) is 0 Å². The van der Waals surface area contributed by atoms with Gasteiger partial charge in [0.05, 0.1) is 5.52 Å². The van der Waals surface area contributed by atoms with E-state index in [1.165, 1.54) is 16.5 Å². The zero-order valence-corrected chi connectivity index (χ0v) is 12.7. The first-order valence-electron chi connectivity index (χ1n) is 6.24. The molecule has 2 rings (SSSR count). The normalized spacial score (nSPS) is 12.4. The predicted molar refractivity (Wildman–Crippen MR) is 83.1 cm³/mol. The van der Waals surface area contributed by atoms with E-state index < -0.39 is 0 Å². The lowest BCUT2D eigenvalue weighted by molar-refractivity contribution is 0.781. The maximum absolute atomic E-state index is 4.57. The molecular formula is C16H18BrN. The van der Waals surface area contributed by atoms with Crippen LogP contribution in [0.25, 0.3) is 17.0 Å². The van der Waals surface area contributed by atoms with Crippen molar-refractivity contribution in [1.82, 2.24) is 4.98 Å². The van der Waals surface area contributed by atoms with Crippen LogP contribution >= 0.6 is 15.9 Å².